The summed E-state index contributed by atoms with van der Waals surface area (Å²) in [7, 11) is 0. The molecule has 2 aliphatic rings. The van der Waals surface area contributed by atoms with Crippen molar-refractivity contribution in [3.8, 4) is 5.69 Å². The molecule has 1 aromatic carbocycles. The fourth-order valence-corrected chi connectivity index (χ4v) is 4.77. The smallest absolute Gasteiger partial charge is 0.236 e. The Morgan fingerprint density at radius 2 is 1.61 bits per heavy atom. The molecule has 0 aliphatic carbocycles. The fourth-order valence-electron chi connectivity index (χ4n) is 4.77. The molecule has 7 heteroatoms. The molecule has 2 unspecified atom stereocenters. The van der Waals surface area contributed by atoms with E-state index in [1.165, 1.54) is 6.42 Å². The van der Waals surface area contributed by atoms with Gasteiger partial charge in [-0.05, 0) is 36.0 Å². The fraction of sp³-hybridized carbons (Fsp3) is 0.542. The Hall–Kier alpha value is -2.67. The Bertz CT molecular complexity index is 878. The minimum atomic E-state index is 0.122. The molecule has 2 aliphatic heterocycles. The van der Waals surface area contributed by atoms with E-state index >= 15 is 0 Å². The average Bonchev–Trinajstić information content (AvgIpc) is 3.22. The lowest BCUT2D eigenvalue weighted by Gasteiger charge is -2.38. The van der Waals surface area contributed by atoms with Crippen molar-refractivity contribution in [1.82, 2.24) is 24.5 Å². The monoisotopic (exact) mass is 423 g/mol. The molecule has 2 amide bonds. The number of nitrogens with zero attached hydrogens (tertiary/aromatic N) is 5. The number of benzene rings is 1. The number of piperazine rings is 1. The van der Waals surface area contributed by atoms with E-state index < -0.39 is 0 Å². The highest BCUT2D eigenvalue weighted by Crippen LogP contribution is 2.21. The Morgan fingerprint density at radius 3 is 2.29 bits per heavy atom. The van der Waals surface area contributed by atoms with E-state index in [4.69, 9.17) is 0 Å². The summed E-state index contributed by atoms with van der Waals surface area (Å²) in [6.07, 6.45) is 5.24. The molecule has 2 saturated heterocycles. The van der Waals surface area contributed by atoms with Gasteiger partial charge in [0.25, 0.3) is 0 Å². The minimum absolute atomic E-state index is 0.122. The number of likely N-dealkylation sites (tertiary alicyclic amines) is 1. The predicted octanol–water partition coefficient (Wildman–Crippen LogP) is 2.06. The summed E-state index contributed by atoms with van der Waals surface area (Å²) in [5.74, 6) is 1.51. The number of para-hydroxylation sites is 1. The zero-order valence-electron chi connectivity index (χ0n) is 18.6. The first kappa shape index (κ1) is 21.6. The van der Waals surface area contributed by atoms with Gasteiger partial charge in [0.05, 0.1) is 24.8 Å². The first-order valence-electron chi connectivity index (χ1n) is 11.3. The largest absolute Gasteiger partial charge is 0.341 e. The van der Waals surface area contributed by atoms with Crippen molar-refractivity contribution in [3.63, 3.8) is 0 Å². The van der Waals surface area contributed by atoms with E-state index in [1.807, 2.05) is 46.3 Å². The Balaban J connectivity index is 1.24. The van der Waals surface area contributed by atoms with Gasteiger partial charge in [-0.1, -0.05) is 32.0 Å². The number of hydrogen-bond donors (Lipinski definition) is 0. The number of carbonyl (C=O) groups is 2. The van der Waals surface area contributed by atoms with Crippen molar-refractivity contribution in [2.75, 3.05) is 45.8 Å². The molecule has 0 saturated carbocycles. The van der Waals surface area contributed by atoms with Crippen LogP contribution in [-0.2, 0) is 16.0 Å². The van der Waals surface area contributed by atoms with Gasteiger partial charge in [-0.25, -0.2) is 4.68 Å². The van der Waals surface area contributed by atoms with E-state index in [0.29, 0.717) is 37.9 Å². The highest BCUT2D eigenvalue weighted by molar-refractivity contribution is 5.79. The number of piperidine rings is 1. The maximum atomic E-state index is 12.8. The summed E-state index contributed by atoms with van der Waals surface area (Å²) in [5, 5.41) is 4.38. The first-order chi connectivity index (χ1) is 15.0. The van der Waals surface area contributed by atoms with E-state index in [9.17, 15) is 9.59 Å². The number of amides is 2. The third-order valence-corrected chi connectivity index (χ3v) is 6.32. The molecule has 0 spiro atoms. The summed E-state index contributed by atoms with van der Waals surface area (Å²) in [5.41, 5.74) is 1.90. The van der Waals surface area contributed by atoms with E-state index in [2.05, 4.69) is 23.8 Å². The standard InChI is InChI=1S/C24H33N5O2/c1-19-12-20(2)16-28(15-19)24(31)18-26-8-10-27(11-9-26)23(30)13-21-14-25-29(17-21)22-6-4-3-5-7-22/h3-7,14,17,19-20H,8-13,15-16,18H2,1-2H3. The molecular formula is C24H33N5O2. The maximum absolute atomic E-state index is 12.8. The molecule has 0 N–H and O–H groups in total. The van der Waals surface area contributed by atoms with Gasteiger partial charge >= 0.3 is 0 Å². The van der Waals surface area contributed by atoms with Gasteiger partial charge in [0, 0.05) is 45.5 Å². The summed E-state index contributed by atoms with van der Waals surface area (Å²) in [4.78, 5) is 31.6. The molecule has 4 rings (SSSR count). The summed E-state index contributed by atoms with van der Waals surface area (Å²) < 4.78 is 1.80. The molecule has 2 fully saturated rings. The zero-order valence-corrected chi connectivity index (χ0v) is 18.6. The Labute approximate surface area is 184 Å². The van der Waals surface area contributed by atoms with Crippen LogP contribution < -0.4 is 0 Å². The van der Waals surface area contributed by atoms with Crippen LogP contribution in [0.4, 0.5) is 0 Å². The van der Waals surface area contributed by atoms with Gasteiger partial charge in [-0.15, -0.1) is 0 Å². The number of carbonyl (C=O) groups excluding carboxylic acids is 2. The molecule has 0 radical (unpaired) electrons. The molecule has 1 aromatic heterocycles. The van der Waals surface area contributed by atoms with Crippen LogP contribution >= 0.6 is 0 Å². The van der Waals surface area contributed by atoms with Gasteiger partial charge in [-0.2, -0.15) is 5.10 Å². The summed E-state index contributed by atoms with van der Waals surface area (Å²) in [6.45, 7) is 9.51. The molecule has 3 heterocycles. The average molecular weight is 424 g/mol. The SMILES string of the molecule is CC1CC(C)CN(C(=O)CN2CCN(C(=O)Cc3cnn(-c4ccccc4)c3)CC2)C1. The molecule has 166 valence electrons. The van der Waals surface area contributed by atoms with E-state index in [0.717, 1.165) is 37.4 Å². The van der Waals surface area contributed by atoms with Crippen LogP contribution in [0.3, 0.4) is 0 Å². The second-order valence-corrected chi connectivity index (χ2v) is 9.21. The lowest BCUT2D eigenvalue weighted by molar-refractivity contribution is -0.136. The molecule has 2 atom stereocenters. The van der Waals surface area contributed by atoms with Gasteiger partial charge in [0.15, 0.2) is 0 Å². The maximum Gasteiger partial charge on any atom is 0.236 e. The van der Waals surface area contributed by atoms with Gasteiger partial charge in [0.1, 0.15) is 0 Å². The van der Waals surface area contributed by atoms with Gasteiger partial charge in [-0.3, -0.25) is 14.5 Å². The van der Waals surface area contributed by atoms with Crippen molar-refractivity contribution in [2.24, 2.45) is 11.8 Å². The zero-order chi connectivity index (χ0) is 21.8. The molecular weight excluding hydrogens is 390 g/mol. The predicted molar refractivity (Wildman–Crippen MR) is 120 cm³/mol. The lowest BCUT2D eigenvalue weighted by Crippen LogP contribution is -2.53. The minimum Gasteiger partial charge on any atom is -0.341 e. The third kappa shape index (κ3) is 5.53. The van der Waals surface area contributed by atoms with Crippen LogP contribution in [-0.4, -0.2) is 82.1 Å². The van der Waals surface area contributed by atoms with Crippen LogP contribution in [0.2, 0.25) is 0 Å². The highest BCUT2D eigenvalue weighted by Gasteiger charge is 2.28. The topological polar surface area (TPSA) is 61.7 Å². The van der Waals surface area contributed by atoms with Crippen LogP contribution in [0.5, 0.6) is 0 Å². The van der Waals surface area contributed by atoms with Crippen molar-refractivity contribution in [3.05, 3.63) is 48.3 Å². The van der Waals surface area contributed by atoms with E-state index in [-0.39, 0.29) is 11.8 Å². The normalized spacial score (nSPS) is 22.5. The first-order valence-corrected chi connectivity index (χ1v) is 11.3. The Morgan fingerprint density at radius 1 is 0.935 bits per heavy atom. The van der Waals surface area contributed by atoms with Crippen molar-refractivity contribution in [2.45, 2.75) is 26.7 Å². The third-order valence-electron chi connectivity index (χ3n) is 6.32. The van der Waals surface area contributed by atoms with E-state index in [1.54, 1.807) is 10.9 Å². The quantitative estimate of drug-likeness (QED) is 0.739. The second-order valence-electron chi connectivity index (χ2n) is 9.21. The number of rotatable bonds is 5. The van der Waals surface area contributed by atoms with Crippen LogP contribution in [0.1, 0.15) is 25.8 Å². The van der Waals surface area contributed by atoms with Crippen LogP contribution in [0, 0.1) is 11.8 Å². The molecule has 0 bridgehead atoms. The second kappa shape index (κ2) is 9.64. The van der Waals surface area contributed by atoms with Crippen molar-refractivity contribution in [1.29, 1.82) is 0 Å². The summed E-state index contributed by atoms with van der Waals surface area (Å²) in [6, 6.07) is 9.89. The van der Waals surface area contributed by atoms with Crippen molar-refractivity contribution >= 4 is 11.8 Å². The van der Waals surface area contributed by atoms with Crippen LogP contribution in [0.25, 0.3) is 5.69 Å². The van der Waals surface area contributed by atoms with Crippen LogP contribution in [0.15, 0.2) is 42.7 Å². The van der Waals surface area contributed by atoms with Crippen molar-refractivity contribution < 1.29 is 9.59 Å². The summed E-state index contributed by atoms with van der Waals surface area (Å²) >= 11 is 0. The number of hydrogen-bond acceptors (Lipinski definition) is 4. The Kier molecular flexibility index (Phi) is 6.70. The van der Waals surface area contributed by atoms with Gasteiger partial charge in [0.2, 0.25) is 11.8 Å². The highest BCUT2D eigenvalue weighted by atomic mass is 16.2. The molecule has 7 nitrogen and oxygen atoms in total. The van der Waals surface area contributed by atoms with Gasteiger partial charge < -0.3 is 9.80 Å². The molecule has 31 heavy (non-hydrogen) atoms. The molecule has 2 aromatic rings. The lowest BCUT2D eigenvalue weighted by atomic mass is 9.92. The number of aromatic nitrogens is 2.